The molecule has 1 rings (SSSR count). The Bertz CT molecular complexity index is 430. The van der Waals surface area contributed by atoms with Crippen LogP contribution in [-0.4, -0.2) is 33.0 Å². The Balaban J connectivity index is 2.74. The van der Waals surface area contributed by atoms with Gasteiger partial charge in [-0.05, 0) is 31.5 Å². The Labute approximate surface area is 119 Å². The Morgan fingerprint density at radius 2 is 2.00 bits per heavy atom. The molecule has 1 amide bonds. The average molecular weight is 286 g/mol. The van der Waals surface area contributed by atoms with E-state index < -0.39 is 11.7 Å². The van der Waals surface area contributed by atoms with Gasteiger partial charge in [0.15, 0.2) is 6.29 Å². The lowest BCUT2D eigenvalue weighted by Crippen LogP contribution is -2.43. The lowest BCUT2D eigenvalue weighted by atomic mass is 9.84. The molecule has 1 N–H and O–H groups in total. The van der Waals surface area contributed by atoms with Crippen LogP contribution in [0.1, 0.15) is 19.4 Å². The molecular weight excluding hydrogens is 266 g/mol. The molecule has 0 unspecified atom stereocenters. The second-order valence-corrected chi connectivity index (χ2v) is 5.18. The Kier molecular flexibility index (Phi) is 5.79. The topological polar surface area (TPSA) is 47.6 Å². The number of hydrogen-bond donors (Lipinski definition) is 1. The van der Waals surface area contributed by atoms with Crippen molar-refractivity contribution in [3.63, 3.8) is 0 Å². The molecule has 5 heteroatoms. The molecule has 0 atom stereocenters. The van der Waals surface area contributed by atoms with Crippen molar-refractivity contribution in [2.24, 2.45) is 0 Å². The van der Waals surface area contributed by atoms with Crippen LogP contribution in [0.4, 0.5) is 0 Å². The van der Waals surface area contributed by atoms with Gasteiger partial charge in [-0.3, -0.25) is 4.79 Å². The van der Waals surface area contributed by atoms with Crippen LogP contribution in [-0.2, 0) is 19.7 Å². The number of halogens is 1. The largest absolute Gasteiger partial charge is 0.354 e. The molecule has 4 nitrogen and oxygen atoms in total. The first-order chi connectivity index (χ1) is 8.91. The van der Waals surface area contributed by atoms with Crippen molar-refractivity contribution in [2.75, 3.05) is 20.8 Å². The number of carbonyl (C=O) groups is 1. The number of rotatable bonds is 6. The second kappa shape index (κ2) is 6.89. The molecule has 1 aromatic rings. The molecule has 0 spiro atoms. The van der Waals surface area contributed by atoms with E-state index in [-0.39, 0.29) is 5.91 Å². The third kappa shape index (κ3) is 4.20. The SMILES string of the molecule is COC(CNC(=O)C(C)(C)c1cccc(Cl)c1)OC. The van der Waals surface area contributed by atoms with E-state index in [2.05, 4.69) is 5.32 Å². The zero-order valence-electron chi connectivity index (χ0n) is 11.7. The third-order valence-corrected chi connectivity index (χ3v) is 3.30. The summed E-state index contributed by atoms with van der Waals surface area (Å²) >= 11 is 5.96. The molecule has 106 valence electrons. The van der Waals surface area contributed by atoms with E-state index in [1.807, 2.05) is 26.0 Å². The van der Waals surface area contributed by atoms with Crippen LogP contribution in [0.15, 0.2) is 24.3 Å². The Hall–Kier alpha value is -1.10. The summed E-state index contributed by atoms with van der Waals surface area (Å²) in [4.78, 5) is 12.2. The fraction of sp³-hybridized carbons (Fsp3) is 0.500. The van der Waals surface area contributed by atoms with Gasteiger partial charge >= 0.3 is 0 Å². The quantitative estimate of drug-likeness (QED) is 0.816. The van der Waals surface area contributed by atoms with Gasteiger partial charge in [-0.2, -0.15) is 0 Å². The number of amides is 1. The molecule has 0 aliphatic rings. The zero-order chi connectivity index (χ0) is 14.5. The average Bonchev–Trinajstić information content (AvgIpc) is 2.39. The predicted molar refractivity (Wildman–Crippen MR) is 75.3 cm³/mol. The van der Waals surface area contributed by atoms with Gasteiger partial charge in [0.2, 0.25) is 5.91 Å². The molecule has 0 aliphatic heterocycles. The third-order valence-electron chi connectivity index (χ3n) is 3.07. The highest BCUT2D eigenvalue weighted by molar-refractivity contribution is 6.30. The van der Waals surface area contributed by atoms with Crippen molar-refractivity contribution in [3.05, 3.63) is 34.9 Å². The molecule has 19 heavy (non-hydrogen) atoms. The van der Waals surface area contributed by atoms with Crippen molar-refractivity contribution in [1.82, 2.24) is 5.32 Å². The fourth-order valence-corrected chi connectivity index (χ4v) is 1.86. The van der Waals surface area contributed by atoms with E-state index >= 15 is 0 Å². The number of carbonyl (C=O) groups excluding carboxylic acids is 1. The predicted octanol–water partition coefficient (Wildman–Crippen LogP) is 2.35. The molecule has 0 saturated heterocycles. The van der Waals surface area contributed by atoms with Gasteiger partial charge in [-0.1, -0.05) is 23.7 Å². The van der Waals surface area contributed by atoms with Crippen molar-refractivity contribution in [2.45, 2.75) is 25.6 Å². The summed E-state index contributed by atoms with van der Waals surface area (Å²) in [5.41, 5.74) is 0.195. The summed E-state index contributed by atoms with van der Waals surface area (Å²) in [6.45, 7) is 4.00. The van der Waals surface area contributed by atoms with Gasteiger partial charge in [-0.25, -0.2) is 0 Å². The van der Waals surface area contributed by atoms with E-state index in [0.717, 1.165) is 5.56 Å². The van der Waals surface area contributed by atoms with Crippen molar-refractivity contribution >= 4 is 17.5 Å². The van der Waals surface area contributed by atoms with Crippen LogP contribution in [0.25, 0.3) is 0 Å². The maximum atomic E-state index is 12.2. The number of methoxy groups -OCH3 is 2. The minimum atomic E-state index is -0.670. The molecular formula is C14H20ClNO3. The summed E-state index contributed by atoms with van der Waals surface area (Å²) in [7, 11) is 3.06. The minimum Gasteiger partial charge on any atom is -0.354 e. The van der Waals surface area contributed by atoms with Gasteiger partial charge in [-0.15, -0.1) is 0 Å². The van der Waals surface area contributed by atoms with Crippen molar-refractivity contribution in [1.29, 1.82) is 0 Å². The molecule has 0 saturated carbocycles. The lowest BCUT2D eigenvalue weighted by molar-refractivity contribution is -0.131. The van der Waals surface area contributed by atoms with Crippen LogP contribution in [0, 0.1) is 0 Å². The second-order valence-electron chi connectivity index (χ2n) is 4.75. The number of ether oxygens (including phenoxy) is 2. The van der Waals surface area contributed by atoms with Crippen molar-refractivity contribution < 1.29 is 14.3 Å². The van der Waals surface area contributed by atoms with E-state index in [9.17, 15) is 4.79 Å². The Morgan fingerprint density at radius 1 is 1.37 bits per heavy atom. The van der Waals surface area contributed by atoms with Gasteiger partial charge in [0.25, 0.3) is 0 Å². The first-order valence-electron chi connectivity index (χ1n) is 6.01. The summed E-state index contributed by atoms with van der Waals surface area (Å²) < 4.78 is 10.1. The smallest absolute Gasteiger partial charge is 0.230 e. The molecule has 0 radical (unpaired) electrons. The monoisotopic (exact) mass is 285 g/mol. The van der Waals surface area contributed by atoms with Gasteiger partial charge in [0, 0.05) is 19.2 Å². The summed E-state index contributed by atoms with van der Waals surface area (Å²) in [6, 6.07) is 7.30. The number of nitrogens with one attached hydrogen (secondary N) is 1. The molecule has 0 aromatic heterocycles. The highest BCUT2D eigenvalue weighted by Gasteiger charge is 2.30. The lowest BCUT2D eigenvalue weighted by Gasteiger charge is -2.25. The molecule has 0 fully saturated rings. The first-order valence-corrected chi connectivity index (χ1v) is 6.39. The summed E-state index contributed by atoms with van der Waals surface area (Å²) in [6.07, 6.45) is -0.445. The maximum Gasteiger partial charge on any atom is 0.230 e. The van der Waals surface area contributed by atoms with Gasteiger partial charge in [0.1, 0.15) is 0 Å². The van der Waals surface area contributed by atoms with Crippen LogP contribution < -0.4 is 5.32 Å². The number of benzene rings is 1. The summed E-state index contributed by atoms with van der Waals surface area (Å²) in [5.74, 6) is -0.103. The summed E-state index contributed by atoms with van der Waals surface area (Å²) in [5, 5.41) is 3.43. The van der Waals surface area contributed by atoms with E-state index in [1.54, 1.807) is 12.1 Å². The Morgan fingerprint density at radius 3 is 2.53 bits per heavy atom. The molecule has 0 bridgehead atoms. The van der Waals surface area contributed by atoms with E-state index in [0.29, 0.717) is 11.6 Å². The molecule has 0 heterocycles. The van der Waals surface area contributed by atoms with Crippen molar-refractivity contribution in [3.8, 4) is 0 Å². The van der Waals surface area contributed by atoms with Crippen LogP contribution in [0.3, 0.4) is 0 Å². The fourth-order valence-electron chi connectivity index (χ4n) is 1.67. The van der Waals surface area contributed by atoms with E-state index in [1.165, 1.54) is 14.2 Å². The zero-order valence-corrected chi connectivity index (χ0v) is 12.5. The molecule has 1 aromatic carbocycles. The first kappa shape index (κ1) is 16.0. The van der Waals surface area contributed by atoms with E-state index in [4.69, 9.17) is 21.1 Å². The van der Waals surface area contributed by atoms with Gasteiger partial charge < -0.3 is 14.8 Å². The highest BCUT2D eigenvalue weighted by atomic mass is 35.5. The molecule has 0 aliphatic carbocycles. The number of hydrogen-bond acceptors (Lipinski definition) is 3. The normalized spacial score (nSPS) is 11.7. The highest BCUT2D eigenvalue weighted by Crippen LogP contribution is 2.25. The van der Waals surface area contributed by atoms with Crippen LogP contribution in [0.5, 0.6) is 0 Å². The van der Waals surface area contributed by atoms with Gasteiger partial charge in [0.05, 0.1) is 12.0 Å². The standard InChI is InChI=1S/C14H20ClNO3/c1-14(2,10-6-5-7-11(15)8-10)13(17)16-9-12(18-3)19-4/h5-8,12H,9H2,1-4H3,(H,16,17). The minimum absolute atomic E-state index is 0.103. The van der Waals surface area contributed by atoms with Crippen LogP contribution >= 0.6 is 11.6 Å². The maximum absolute atomic E-state index is 12.2. The van der Waals surface area contributed by atoms with Crippen LogP contribution in [0.2, 0.25) is 5.02 Å².